The van der Waals surface area contributed by atoms with Gasteiger partial charge in [0.15, 0.2) is 0 Å². The fraction of sp³-hybridized carbons (Fsp3) is 0.292. The molecule has 0 bridgehead atoms. The quantitative estimate of drug-likeness (QED) is 0.471. The number of nitrogens with zero attached hydrogens (tertiary/aromatic N) is 7. The number of ether oxygens (including phenoxy) is 1. The van der Waals surface area contributed by atoms with Crippen LogP contribution in [0.1, 0.15) is 28.9 Å². The van der Waals surface area contributed by atoms with Gasteiger partial charge in [-0.3, -0.25) is 9.48 Å². The number of benzene rings is 1. The highest BCUT2D eigenvalue weighted by Gasteiger charge is 2.27. The normalized spacial score (nSPS) is 14.4. The highest BCUT2D eigenvalue weighted by Crippen LogP contribution is 2.22. The summed E-state index contributed by atoms with van der Waals surface area (Å²) < 4.78 is 9.51. The number of rotatable bonds is 5. The van der Waals surface area contributed by atoms with E-state index in [1.165, 1.54) is 0 Å². The summed E-state index contributed by atoms with van der Waals surface area (Å²) in [4.78, 5) is 23.7. The summed E-state index contributed by atoms with van der Waals surface area (Å²) >= 11 is 0. The second kappa shape index (κ2) is 8.85. The smallest absolute Gasteiger partial charge is 0.316 e. The Morgan fingerprint density at radius 1 is 0.970 bits per heavy atom. The lowest BCUT2D eigenvalue weighted by Gasteiger charge is -2.31. The predicted molar refractivity (Wildman–Crippen MR) is 122 cm³/mol. The lowest BCUT2D eigenvalue weighted by Crippen LogP contribution is -2.42. The van der Waals surface area contributed by atoms with E-state index in [1.54, 1.807) is 34.2 Å². The minimum Gasteiger partial charge on any atom is -0.460 e. The molecule has 1 aromatic carbocycles. The van der Waals surface area contributed by atoms with E-state index in [2.05, 4.69) is 20.2 Å². The first-order chi connectivity index (χ1) is 16.1. The molecular formula is C24H25N7O2. The van der Waals surface area contributed by atoms with E-state index in [0.717, 1.165) is 35.3 Å². The van der Waals surface area contributed by atoms with Crippen molar-refractivity contribution in [2.24, 2.45) is 7.05 Å². The molecule has 5 rings (SSSR count). The van der Waals surface area contributed by atoms with Crippen LogP contribution in [0.5, 0.6) is 6.01 Å². The molecule has 1 amide bonds. The standard InChI is InChI=1S/C24H25N7O2/c1-17-22(15-28-31(17)20-6-4-3-5-7-20)23(32)30-10-8-21(9-11-30)33-24-25-12-18(13-26-24)19-14-27-29(2)16-19/h3-7,12-16,21H,8-11H2,1-2H3. The Bertz CT molecular complexity index is 1240. The van der Waals surface area contributed by atoms with Gasteiger partial charge in [-0.05, 0) is 19.1 Å². The molecule has 0 unspecified atom stereocenters. The van der Waals surface area contributed by atoms with Gasteiger partial charge in [-0.15, -0.1) is 0 Å². The number of carbonyl (C=O) groups excluding carboxylic acids is 1. The summed E-state index contributed by atoms with van der Waals surface area (Å²) in [6.07, 6.45) is 10.3. The van der Waals surface area contributed by atoms with Crippen LogP contribution >= 0.6 is 0 Å². The monoisotopic (exact) mass is 443 g/mol. The minimum absolute atomic E-state index is 0.00482. The molecule has 168 valence electrons. The summed E-state index contributed by atoms with van der Waals surface area (Å²) in [5.74, 6) is 0.00482. The van der Waals surface area contributed by atoms with Gasteiger partial charge >= 0.3 is 6.01 Å². The lowest BCUT2D eigenvalue weighted by atomic mass is 10.1. The van der Waals surface area contributed by atoms with Crippen molar-refractivity contribution in [3.8, 4) is 22.8 Å². The third-order valence-corrected chi connectivity index (χ3v) is 5.91. The molecule has 9 heteroatoms. The molecule has 1 aliphatic heterocycles. The molecule has 0 spiro atoms. The molecule has 4 aromatic rings. The highest BCUT2D eigenvalue weighted by atomic mass is 16.5. The zero-order chi connectivity index (χ0) is 22.8. The number of piperidine rings is 1. The molecule has 0 saturated carbocycles. The number of carbonyl (C=O) groups is 1. The van der Waals surface area contributed by atoms with Crippen LogP contribution in [0.25, 0.3) is 16.8 Å². The van der Waals surface area contributed by atoms with Crippen LogP contribution < -0.4 is 4.74 Å². The second-order valence-corrected chi connectivity index (χ2v) is 8.16. The number of amides is 1. The minimum atomic E-state index is -0.0218. The summed E-state index contributed by atoms with van der Waals surface area (Å²) in [6.45, 7) is 3.16. The van der Waals surface area contributed by atoms with E-state index in [4.69, 9.17) is 4.74 Å². The number of aromatic nitrogens is 6. The average molecular weight is 444 g/mol. The van der Waals surface area contributed by atoms with E-state index in [1.807, 2.05) is 55.4 Å². The fourth-order valence-corrected chi connectivity index (χ4v) is 4.04. The van der Waals surface area contributed by atoms with E-state index >= 15 is 0 Å². The van der Waals surface area contributed by atoms with Gasteiger partial charge in [-0.2, -0.15) is 10.2 Å². The first kappa shape index (κ1) is 20.9. The van der Waals surface area contributed by atoms with Crippen LogP contribution in [0.3, 0.4) is 0 Å². The molecule has 0 atom stereocenters. The van der Waals surface area contributed by atoms with E-state index in [9.17, 15) is 4.79 Å². The maximum atomic E-state index is 13.1. The number of para-hydroxylation sites is 1. The van der Waals surface area contributed by atoms with Crippen LogP contribution in [0.15, 0.2) is 61.3 Å². The van der Waals surface area contributed by atoms with Crippen molar-refractivity contribution in [2.75, 3.05) is 13.1 Å². The Hall–Kier alpha value is -4.01. The molecule has 0 N–H and O–H groups in total. The first-order valence-electron chi connectivity index (χ1n) is 11.0. The molecule has 0 aliphatic carbocycles. The van der Waals surface area contributed by atoms with Gasteiger partial charge < -0.3 is 9.64 Å². The Labute approximate surface area is 191 Å². The van der Waals surface area contributed by atoms with E-state index in [0.29, 0.717) is 24.7 Å². The van der Waals surface area contributed by atoms with Crippen LogP contribution in [0.2, 0.25) is 0 Å². The van der Waals surface area contributed by atoms with Crippen molar-refractivity contribution < 1.29 is 9.53 Å². The number of likely N-dealkylation sites (tertiary alicyclic amines) is 1. The third kappa shape index (κ3) is 4.34. The largest absolute Gasteiger partial charge is 0.460 e. The summed E-state index contributed by atoms with van der Waals surface area (Å²) in [7, 11) is 1.87. The van der Waals surface area contributed by atoms with E-state index in [-0.39, 0.29) is 12.0 Å². The first-order valence-corrected chi connectivity index (χ1v) is 11.0. The van der Waals surface area contributed by atoms with Crippen LogP contribution in [0.4, 0.5) is 0 Å². The van der Waals surface area contributed by atoms with Gasteiger partial charge in [0.05, 0.1) is 29.3 Å². The Kier molecular flexibility index (Phi) is 5.60. The van der Waals surface area contributed by atoms with Crippen LogP contribution in [-0.4, -0.2) is 59.5 Å². The molecule has 1 fully saturated rings. The predicted octanol–water partition coefficient (Wildman–Crippen LogP) is 3.05. The van der Waals surface area contributed by atoms with Gasteiger partial charge in [0.2, 0.25) is 0 Å². The molecule has 1 aliphatic rings. The number of hydrogen-bond acceptors (Lipinski definition) is 6. The molecule has 9 nitrogen and oxygen atoms in total. The van der Waals surface area contributed by atoms with Crippen molar-refractivity contribution >= 4 is 5.91 Å². The Morgan fingerprint density at radius 3 is 2.36 bits per heavy atom. The number of hydrogen-bond donors (Lipinski definition) is 0. The van der Waals surface area contributed by atoms with Crippen molar-refractivity contribution in [1.82, 2.24) is 34.4 Å². The van der Waals surface area contributed by atoms with Crippen molar-refractivity contribution in [3.05, 3.63) is 72.6 Å². The summed E-state index contributed by atoms with van der Waals surface area (Å²) in [5.41, 5.74) is 4.26. The molecule has 0 radical (unpaired) electrons. The number of aryl methyl sites for hydroxylation is 1. The fourth-order valence-electron chi connectivity index (χ4n) is 4.04. The third-order valence-electron chi connectivity index (χ3n) is 5.91. The van der Waals surface area contributed by atoms with Gasteiger partial charge in [-0.1, -0.05) is 18.2 Å². The Balaban J connectivity index is 1.18. The molecule has 4 heterocycles. The van der Waals surface area contributed by atoms with Crippen LogP contribution in [-0.2, 0) is 7.05 Å². The Morgan fingerprint density at radius 2 is 1.70 bits per heavy atom. The van der Waals surface area contributed by atoms with Crippen LogP contribution in [0, 0.1) is 6.92 Å². The summed E-state index contributed by atoms with van der Waals surface area (Å²) in [6, 6.07) is 10.2. The van der Waals surface area contributed by atoms with Crippen molar-refractivity contribution in [3.63, 3.8) is 0 Å². The topological polar surface area (TPSA) is 91.0 Å². The van der Waals surface area contributed by atoms with Crippen molar-refractivity contribution in [2.45, 2.75) is 25.9 Å². The van der Waals surface area contributed by atoms with Crippen molar-refractivity contribution in [1.29, 1.82) is 0 Å². The lowest BCUT2D eigenvalue weighted by molar-refractivity contribution is 0.0578. The van der Waals surface area contributed by atoms with Gasteiger partial charge in [0.25, 0.3) is 5.91 Å². The zero-order valence-corrected chi connectivity index (χ0v) is 18.6. The van der Waals surface area contributed by atoms with Gasteiger partial charge in [0, 0.05) is 62.7 Å². The molecular weight excluding hydrogens is 418 g/mol. The second-order valence-electron chi connectivity index (χ2n) is 8.16. The highest BCUT2D eigenvalue weighted by molar-refractivity contribution is 5.95. The van der Waals surface area contributed by atoms with Gasteiger partial charge in [0.1, 0.15) is 6.10 Å². The molecule has 3 aromatic heterocycles. The van der Waals surface area contributed by atoms with Gasteiger partial charge in [-0.25, -0.2) is 14.6 Å². The maximum absolute atomic E-state index is 13.1. The summed E-state index contributed by atoms with van der Waals surface area (Å²) in [5, 5.41) is 8.59. The average Bonchev–Trinajstić information content (AvgIpc) is 3.46. The van der Waals surface area contributed by atoms with E-state index < -0.39 is 0 Å². The SMILES string of the molecule is Cc1c(C(=O)N2CCC(Oc3ncc(-c4cnn(C)c4)cn3)CC2)cnn1-c1ccccc1. The maximum Gasteiger partial charge on any atom is 0.316 e. The zero-order valence-electron chi connectivity index (χ0n) is 18.6. The molecule has 1 saturated heterocycles. The molecule has 33 heavy (non-hydrogen) atoms.